The number of aliphatic hydroxyl groups is 1. The van der Waals surface area contributed by atoms with Crippen LogP contribution in [0.4, 0.5) is 5.69 Å². The van der Waals surface area contributed by atoms with Crippen LogP contribution in [0.2, 0.25) is 0 Å². The van der Waals surface area contributed by atoms with Crippen molar-refractivity contribution in [1.29, 1.82) is 0 Å². The zero-order valence-corrected chi connectivity index (χ0v) is 11.5. The highest BCUT2D eigenvalue weighted by Crippen LogP contribution is 2.28. The molecule has 2 N–H and O–H groups in total. The molecule has 0 spiro atoms. The molecule has 20 heavy (non-hydrogen) atoms. The molecule has 7 heteroatoms. The second-order valence-corrected chi connectivity index (χ2v) is 4.54. The second-order valence-electron chi connectivity index (χ2n) is 4.54. The number of ether oxygens (including phenoxy) is 1. The third-order valence-corrected chi connectivity index (χ3v) is 2.44. The standard InChI is InChI=1S/C13H18N2O5/c1-9(2)14-13(17)5-6-20-12-4-3-10(8-16)7-11(12)15(18)19/h3-4,7,9,16H,5-6,8H2,1-2H3,(H,14,17). The van der Waals surface area contributed by atoms with Crippen LogP contribution in [0, 0.1) is 10.1 Å². The summed E-state index contributed by atoms with van der Waals surface area (Å²) in [6, 6.07) is 4.25. The molecule has 1 rings (SSSR count). The minimum absolute atomic E-state index is 0.0423. The number of aliphatic hydroxyl groups excluding tert-OH is 1. The van der Waals surface area contributed by atoms with Crippen LogP contribution in [0.25, 0.3) is 0 Å². The monoisotopic (exact) mass is 282 g/mol. The van der Waals surface area contributed by atoms with Gasteiger partial charge in [-0.1, -0.05) is 6.07 Å². The lowest BCUT2D eigenvalue weighted by Crippen LogP contribution is -2.31. The van der Waals surface area contributed by atoms with Crippen LogP contribution in [0.5, 0.6) is 5.75 Å². The molecule has 0 bridgehead atoms. The van der Waals surface area contributed by atoms with Gasteiger partial charge in [-0.05, 0) is 25.5 Å². The molecule has 0 heterocycles. The highest BCUT2D eigenvalue weighted by atomic mass is 16.6. The maximum Gasteiger partial charge on any atom is 0.311 e. The molecule has 0 saturated carbocycles. The van der Waals surface area contributed by atoms with Gasteiger partial charge in [0.2, 0.25) is 5.91 Å². The van der Waals surface area contributed by atoms with E-state index in [1.54, 1.807) is 0 Å². The Bertz CT molecular complexity index is 488. The van der Waals surface area contributed by atoms with Crippen LogP contribution >= 0.6 is 0 Å². The predicted molar refractivity (Wildman–Crippen MR) is 72.4 cm³/mol. The number of nitrogens with zero attached hydrogens (tertiary/aromatic N) is 1. The minimum atomic E-state index is -0.581. The quantitative estimate of drug-likeness (QED) is 0.581. The van der Waals surface area contributed by atoms with E-state index in [0.29, 0.717) is 5.56 Å². The molecular weight excluding hydrogens is 264 g/mol. The van der Waals surface area contributed by atoms with Gasteiger partial charge in [-0.3, -0.25) is 14.9 Å². The predicted octanol–water partition coefficient (Wildman–Crippen LogP) is 1.38. The average Bonchev–Trinajstić information content (AvgIpc) is 2.37. The molecule has 0 aromatic heterocycles. The van der Waals surface area contributed by atoms with Crippen LogP contribution in [0.1, 0.15) is 25.8 Å². The number of rotatable bonds is 7. The summed E-state index contributed by atoms with van der Waals surface area (Å²) in [5, 5.41) is 22.5. The first-order valence-electron chi connectivity index (χ1n) is 6.24. The fourth-order valence-corrected chi connectivity index (χ4v) is 1.57. The number of amides is 1. The Hall–Kier alpha value is -2.15. The molecule has 0 aliphatic carbocycles. The normalized spacial score (nSPS) is 10.4. The summed E-state index contributed by atoms with van der Waals surface area (Å²) in [6.07, 6.45) is 0.122. The average molecular weight is 282 g/mol. The van der Waals surface area contributed by atoms with E-state index < -0.39 is 4.92 Å². The zero-order chi connectivity index (χ0) is 15.1. The number of hydrogen-bond acceptors (Lipinski definition) is 5. The van der Waals surface area contributed by atoms with E-state index in [1.165, 1.54) is 18.2 Å². The van der Waals surface area contributed by atoms with Gasteiger partial charge in [0.15, 0.2) is 5.75 Å². The van der Waals surface area contributed by atoms with Crippen molar-refractivity contribution in [3.05, 3.63) is 33.9 Å². The Morgan fingerprint density at radius 3 is 2.75 bits per heavy atom. The molecule has 0 aliphatic heterocycles. The topological polar surface area (TPSA) is 102 Å². The summed E-state index contributed by atoms with van der Waals surface area (Å²) in [6.45, 7) is 3.46. The summed E-state index contributed by atoms with van der Waals surface area (Å²) < 4.78 is 5.27. The Morgan fingerprint density at radius 1 is 1.50 bits per heavy atom. The molecule has 1 amide bonds. The third-order valence-electron chi connectivity index (χ3n) is 2.44. The molecule has 1 aromatic carbocycles. The van der Waals surface area contributed by atoms with Gasteiger partial charge < -0.3 is 15.2 Å². The number of nitrogens with one attached hydrogen (secondary N) is 1. The smallest absolute Gasteiger partial charge is 0.311 e. The third kappa shape index (κ3) is 4.85. The van der Waals surface area contributed by atoms with Gasteiger partial charge in [0.1, 0.15) is 0 Å². The number of carbonyl (C=O) groups is 1. The Balaban J connectivity index is 2.64. The maximum atomic E-state index is 11.4. The molecule has 0 atom stereocenters. The summed E-state index contributed by atoms with van der Waals surface area (Å²) in [5.74, 6) is -0.0841. The highest BCUT2D eigenvalue weighted by Gasteiger charge is 2.16. The van der Waals surface area contributed by atoms with E-state index >= 15 is 0 Å². The summed E-state index contributed by atoms with van der Waals surface area (Å²) in [5.41, 5.74) is 0.211. The molecule has 0 aliphatic rings. The molecule has 0 unspecified atom stereocenters. The second kappa shape index (κ2) is 7.44. The van der Waals surface area contributed by atoms with Crippen molar-refractivity contribution in [2.24, 2.45) is 0 Å². The first kappa shape index (κ1) is 15.9. The van der Waals surface area contributed by atoms with E-state index in [-0.39, 0.29) is 43.0 Å². The SMILES string of the molecule is CC(C)NC(=O)CCOc1ccc(CO)cc1[N+](=O)[O-]. The van der Waals surface area contributed by atoms with Crippen molar-refractivity contribution in [3.63, 3.8) is 0 Å². The molecule has 0 saturated heterocycles. The van der Waals surface area contributed by atoms with Crippen molar-refractivity contribution < 1.29 is 19.6 Å². The molecular formula is C13H18N2O5. The van der Waals surface area contributed by atoms with Gasteiger partial charge in [-0.25, -0.2) is 0 Å². The van der Waals surface area contributed by atoms with E-state index in [9.17, 15) is 14.9 Å². The number of hydrogen-bond donors (Lipinski definition) is 2. The Kier molecular flexibility index (Phi) is 5.92. The van der Waals surface area contributed by atoms with E-state index in [1.807, 2.05) is 13.8 Å². The Labute approximate surface area is 116 Å². The van der Waals surface area contributed by atoms with Crippen LogP contribution in [-0.4, -0.2) is 28.6 Å². The van der Waals surface area contributed by atoms with Crippen molar-refractivity contribution >= 4 is 11.6 Å². The highest BCUT2D eigenvalue weighted by molar-refractivity contribution is 5.76. The lowest BCUT2D eigenvalue weighted by Gasteiger charge is -2.10. The fourth-order valence-electron chi connectivity index (χ4n) is 1.57. The summed E-state index contributed by atoms with van der Waals surface area (Å²) in [7, 11) is 0. The van der Waals surface area contributed by atoms with Crippen molar-refractivity contribution in [3.8, 4) is 5.75 Å². The van der Waals surface area contributed by atoms with Crippen LogP contribution in [0.3, 0.4) is 0 Å². The number of carbonyl (C=O) groups excluding carboxylic acids is 1. The molecule has 7 nitrogen and oxygen atoms in total. The maximum absolute atomic E-state index is 11.4. The van der Waals surface area contributed by atoms with Gasteiger partial charge in [-0.15, -0.1) is 0 Å². The lowest BCUT2D eigenvalue weighted by molar-refractivity contribution is -0.386. The fraction of sp³-hybridized carbons (Fsp3) is 0.462. The van der Waals surface area contributed by atoms with E-state index in [4.69, 9.17) is 9.84 Å². The van der Waals surface area contributed by atoms with Crippen LogP contribution in [-0.2, 0) is 11.4 Å². The molecule has 0 radical (unpaired) electrons. The largest absolute Gasteiger partial charge is 0.486 e. The summed E-state index contributed by atoms with van der Waals surface area (Å²) in [4.78, 5) is 21.7. The zero-order valence-electron chi connectivity index (χ0n) is 11.5. The van der Waals surface area contributed by atoms with Gasteiger partial charge in [0.05, 0.1) is 24.6 Å². The number of nitro benzene ring substituents is 1. The number of nitro groups is 1. The van der Waals surface area contributed by atoms with Gasteiger partial charge in [0, 0.05) is 12.1 Å². The minimum Gasteiger partial charge on any atom is -0.486 e. The number of benzene rings is 1. The summed E-state index contributed by atoms with van der Waals surface area (Å²) >= 11 is 0. The van der Waals surface area contributed by atoms with Gasteiger partial charge in [-0.2, -0.15) is 0 Å². The van der Waals surface area contributed by atoms with Crippen LogP contribution < -0.4 is 10.1 Å². The van der Waals surface area contributed by atoms with Crippen molar-refractivity contribution in [2.75, 3.05) is 6.61 Å². The van der Waals surface area contributed by atoms with Crippen molar-refractivity contribution in [2.45, 2.75) is 32.9 Å². The van der Waals surface area contributed by atoms with Gasteiger partial charge >= 0.3 is 5.69 Å². The lowest BCUT2D eigenvalue weighted by atomic mass is 10.2. The molecule has 1 aromatic rings. The van der Waals surface area contributed by atoms with Crippen molar-refractivity contribution in [1.82, 2.24) is 5.32 Å². The molecule has 110 valence electrons. The molecule has 0 fully saturated rings. The first-order chi connectivity index (χ1) is 9.43. The van der Waals surface area contributed by atoms with Gasteiger partial charge in [0.25, 0.3) is 0 Å². The van der Waals surface area contributed by atoms with Crippen LogP contribution in [0.15, 0.2) is 18.2 Å². The Morgan fingerprint density at radius 2 is 2.20 bits per heavy atom. The van der Waals surface area contributed by atoms with E-state index in [0.717, 1.165) is 0 Å². The first-order valence-corrected chi connectivity index (χ1v) is 6.24. The van der Waals surface area contributed by atoms with E-state index in [2.05, 4.69) is 5.32 Å².